The van der Waals surface area contributed by atoms with Crippen molar-refractivity contribution in [2.45, 2.75) is 24.2 Å². The Hall–Kier alpha value is -5.14. The molecule has 0 fully saturated rings. The first-order valence-corrected chi connectivity index (χ1v) is 17.6. The van der Waals surface area contributed by atoms with E-state index in [-0.39, 0.29) is 26.2 Å². The quantitative estimate of drug-likeness (QED) is 0.172. The van der Waals surface area contributed by atoms with Gasteiger partial charge in [-0.1, -0.05) is 55.8 Å². The van der Waals surface area contributed by atoms with Crippen LogP contribution in [0.1, 0.15) is 45.8 Å². The Morgan fingerprint density at radius 2 is 1.71 bits per heavy atom. The van der Waals surface area contributed by atoms with E-state index in [2.05, 4.69) is 35.9 Å². The number of thiophene rings is 1. The first kappa shape index (κ1) is 30.2. The second kappa shape index (κ2) is 10.7. The number of rotatable bonds is 3. The van der Waals surface area contributed by atoms with Crippen LogP contribution in [-0.4, -0.2) is 19.2 Å². The molecule has 6 aromatic rings. The van der Waals surface area contributed by atoms with Gasteiger partial charge in [-0.3, -0.25) is 9.78 Å². The molecule has 10 heteroatoms. The maximum absolute atomic E-state index is 15.1. The van der Waals surface area contributed by atoms with Gasteiger partial charge >= 0.3 is 0 Å². The zero-order valence-corrected chi connectivity index (χ0v) is 27.8. The average molecular weight is 688 g/mol. The Kier molecular flexibility index (Phi) is 6.73. The molecule has 0 saturated heterocycles. The third-order valence-corrected chi connectivity index (χ3v) is 12.2. The third-order valence-electron chi connectivity index (χ3n) is 9.12. The summed E-state index contributed by atoms with van der Waals surface area (Å²) in [5, 5.41) is 12.0. The smallest absolute Gasteiger partial charge is 0.211 e. The number of hydrogen-bond acceptors (Lipinski definition) is 7. The number of hydrogen-bond donors (Lipinski definition) is 0. The predicted octanol–water partition coefficient (Wildman–Crippen LogP) is 9.75. The molecule has 0 bridgehead atoms. The molecule has 234 valence electrons. The number of halogens is 2. The molecule has 0 unspecified atom stereocenters. The summed E-state index contributed by atoms with van der Waals surface area (Å²) < 4.78 is 42.2. The van der Waals surface area contributed by atoms with E-state index in [1.54, 1.807) is 24.4 Å². The first-order valence-electron chi connectivity index (χ1n) is 14.9. The maximum atomic E-state index is 15.1. The number of nitriles is 1. The highest BCUT2D eigenvalue weighted by atomic mass is 35.5. The van der Waals surface area contributed by atoms with Crippen molar-refractivity contribution in [3.63, 3.8) is 0 Å². The Morgan fingerprint density at radius 1 is 0.938 bits per heavy atom. The molecule has 0 spiro atoms. The lowest BCUT2D eigenvalue weighted by molar-refractivity contribution is 0.104. The molecule has 0 N–H and O–H groups in total. The number of sulfone groups is 1. The van der Waals surface area contributed by atoms with Crippen molar-refractivity contribution in [1.82, 2.24) is 4.98 Å². The number of carbonyl (C=O) groups excluding carboxylic acids is 1. The van der Waals surface area contributed by atoms with Crippen LogP contribution in [0.3, 0.4) is 0 Å². The van der Waals surface area contributed by atoms with E-state index in [1.807, 2.05) is 36.4 Å². The molecule has 0 atom stereocenters. The largest absolute Gasteiger partial charge is 0.301 e. The molecule has 0 saturated carbocycles. The highest BCUT2D eigenvalue weighted by Gasteiger charge is 2.42. The summed E-state index contributed by atoms with van der Waals surface area (Å²) in [7, 11) is -4.10. The predicted molar refractivity (Wildman–Crippen MR) is 187 cm³/mol. The van der Waals surface area contributed by atoms with E-state index < -0.39 is 21.0 Å². The van der Waals surface area contributed by atoms with E-state index >= 15 is 4.39 Å². The monoisotopic (exact) mass is 687 g/mol. The minimum Gasteiger partial charge on any atom is -0.301 e. The lowest BCUT2D eigenvalue weighted by Gasteiger charge is -2.40. The lowest BCUT2D eigenvalue weighted by atomic mass is 9.74. The number of benzene rings is 4. The van der Waals surface area contributed by atoms with E-state index in [1.165, 1.54) is 47.9 Å². The van der Waals surface area contributed by atoms with Gasteiger partial charge in [0, 0.05) is 49.6 Å². The van der Waals surface area contributed by atoms with E-state index in [0.717, 1.165) is 38.6 Å². The van der Waals surface area contributed by atoms with Crippen molar-refractivity contribution in [3.8, 4) is 17.2 Å². The van der Waals surface area contributed by atoms with Crippen molar-refractivity contribution < 1.29 is 17.6 Å². The minimum absolute atomic E-state index is 0.0968. The summed E-state index contributed by atoms with van der Waals surface area (Å²) in [6, 6.07) is 26.7. The van der Waals surface area contributed by atoms with E-state index in [4.69, 9.17) is 11.6 Å². The van der Waals surface area contributed by atoms with Gasteiger partial charge in [-0.05, 0) is 77.4 Å². The van der Waals surface area contributed by atoms with Gasteiger partial charge in [-0.25, -0.2) is 12.8 Å². The number of fused-ring (bicyclic) bond motifs is 4. The summed E-state index contributed by atoms with van der Waals surface area (Å²) in [6.07, 6.45) is 4.63. The fraction of sp³-hybridized carbons (Fsp3) is 0.0789. The molecule has 4 aromatic carbocycles. The molecular weight excluding hydrogens is 665 g/mol. The van der Waals surface area contributed by atoms with Crippen LogP contribution in [0.2, 0.25) is 5.02 Å². The number of aromatic nitrogens is 1. The number of ketones is 1. The fourth-order valence-electron chi connectivity index (χ4n) is 6.71. The van der Waals surface area contributed by atoms with Gasteiger partial charge in [-0.2, -0.15) is 5.26 Å². The molecule has 6 nitrogen and oxygen atoms in total. The summed E-state index contributed by atoms with van der Waals surface area (Å²) in [5.41, 5.74) is 4.97. The average Bonchev–Trinajstić information content (AvgIpc) is 3.59. The van der Waals surface area contributed by atoms with Gasteiger partial charge in [0.25, 0.3) is 0 Å². The van der Waals surface area contributed by atoms with Crippen molar-refractivity contribution in [2.75, 3.05) is 4.90 Å². The number of anilines is 3. The van der Waals surface area contributed by atoms with Crippen LogP contribution in [-0.2, 0) is 15.3 Å². The van der Waals surface area contributed by atoms with Crippen molar-refractivity contribution >= 4 is 71.8 Å². The van der Waals surface area contributed by atoms with Crippen molar-refractivity contribution in [3.05, 3.63) is 140 Å². The number of nitrogens with zero attached hydrogens (tertiary/aromatic N) is 3. The highest BCUT2D eigenvalue weighted by Crippen LogP contribution is 2.57. The molecule has 4 heterocycles. The molecular formula is C38H23ClFN3O3S2. The minimum atomic E-state index is -4.10. The molecule has 0 aliphatic carbocycles. The SMILES string of the molecule is CC1(C)c2cc(-c3ccncc3C#N)ccc2N(c2ccc(F)c3ccccc23)c2sc(/C=C3\C(=O)c4ccc(Cl)cc4S3(=O)=O)cc21. The van der Waals surface area contributed by atoms with Gasteiger partial charge in [-0.15, -0.1) is 11.3 Å². The standard InChI is InChI=1S/C38H23ClFN3O3S2/c1-38(2)29-15-21(25-13-14-42-20-22(25)19-41)7-11-33(29)43(32-12-10-31(40)26-5-3-4-6-27(26)32)37-30(38)17-24(47-37)18-35-36(44)28-9-8-23(39)16-34(28)48(35,45)46/h3-18,20H,1-2H3/b35-18+. The van der Waals surface area contributed by atoms with Gasteiger partial charge in [0.15, 0.2) is 0 Å². The molecule has 2 aliphatic heterocycles. The van der Waals surface area contributed by atoms with Crippen molar-refractivity contribution in [1.29, 1.82) is 5.26 Å². The van der Waals surface area contributed by atoms with E-state index in [0.29, 0.717) is 21.2 Å². The first-order chi connectivity index (χ1) is 23.0. The van der Waals surface area contributed by atoms with Crippen LogP contribution in [0.15, 0.2) is 107 Å². The molecule has 0 amide bonds. The van der Waals surface area contributed by atoms with Crippen molar-refractivity contribution in [2.24, 2.45) is 0 Å². The topological polar surface area (TPSA) is 91.1 Å². The van der Waals surface area contributed by atoms with Crippen LogP contribution in [0.4, 0.5) is 20.8 Å². The summed E-state index contributed by atoms with van der Waals surface area (Å²) >= 11 is 7.46. The van der Waals surface area contributed by atoms with Gasteiger partial charge in [0.05, 0.1) is 21.8 Å². The lowest BCUT2D eigenvalue weighted by Crippen LogP contribution is -2.29. The number of carbonyl (C=O) groups is 1. The Balaban J connectivity index is 1.37. The number of pyridine rings is 1. The summed E-state index contributed by atoms with van der Waals surface area (Å²) in [6.45, 7) is 4.18. The van der Waals surface area contributed by atoms with Crippen LogP contribution in [0.25, 0.3) is 28.0 Å². The van der Waals surface area contributed by atoms with Gasteiger partial charge in [0.2, 0.25) is 15.6 Å². The molecule has 2 aromatic heterocycles. The van der Waals surface area contributed by atoms with Crippen LogP contribution in [0, 0.1) is 17.1 Å². The van der Waals surface area contributed by atoms with Crippen LogP contribution in [0.5, 0.6) is 0 Å². The Labute approximate surface area is 284 Å². The zero-order valence-electron chi connectivity index (χ0n) is 25.5. The highest BCUT2D eigenvalue weighted by molar-refractivity contribution is 7.97. The second-order valence-corrected chi connectivity index (χ2v) is 15.6. The van der Waals surface area contributed by atoms with Crippen LogP contribution < -0.4 is 4.90 Å². The van der Waals surface area contributed by atoms with Crippen LogP contribution >= 0.6 is 22.9 Å². The molecule has 2 aliphatic rings. The molecule has 48 heavy (non-hydrogen) atoms. The molecule has 0 radical (unpaired) electrons. The summed E-state index contributed by atoms with van der Waals surface area (Å²) in [4.78, 5) is 19.8. The Morgan fingerprint density at radius 3 is 2.50 bits per heavy atom. The fourth-order valence-corrected chi connectivity index (χ4v) is 9.91. The number of Topliss-reactive ketones (excluding diaryl/α,β-unsaturated/α-hetero) is 1. The maximum Gasteiger partial charge on any atom is 0.211 e. The Bertz CT molecular complexity index is 2580. The zero-order chi connectivity index (χ0) is 33.5. The molecule has 8 rings (SSSR count). The van der Waals surface area contributed by atoms with Gasteiger partial charge < -0.3 is 4.90 Å². The third kappa shape index (κ3) is 4.37. The second-order valence-electron chi connectivity index (χ2n) is 12.2. The van der Waals surface area contributed by atoms with Gasteiger partial charge in [0.1, 0.15) is 21.8 Å². The van der Waals surface area contributed by atoms with E-state index in [9.17, 15) is 18.5 Å². The summed E-state index contributed by atoms with van der Waals surface area (Å²) in [5.74, 6) is -0.919. The number of allylic oxidation sites excluding steroid dienone is 1. The normalized spacial score (nSPS) is 16.4.